The average molecular weight is 641 g/mol. The lowest BCUT2D eigenvalue weighted by Crippen LogP contribution is -2.53. The summed E-state index contributed by atoms with van der Waals surface area (Å²) in [7, 11) is -1.23. The van der Waals surface area contributed by atoms with Crippen molar-refractivity contribution >= 4 is 50.7 Å². The van der Waals surface area contributed by atoms with Gasteiger partial charge < -0.3 is 15.0 Å². The molecule has 224 valence electrons. The maximum absolute atomic E-state index is 14.3. The van der Waals surface area contributed by atoms with Crippen LogP contribution in [0, 0.1) is 0 Å². The fraction of sp³-hybridized carbons (Fsp3) is 0.188. The van der Waals surface area contributed by atoms with Crippen molar-refractivity contribution in [3.63, 3.8) is 0 Å². The van der Waals surface area contributed by atoms with Gasteiger partial charge in [0.2, 0.25) is 11.8 Å². The lowest BCUT2D eigenvalue weighted by molar-refractivity contribution is -0.139. The number of anilines is 1. The molecule has 0 saturated heterocycles. The fourth-order valence-corrected chi connectivity index (χ4v) is 6.30. The summed E-state index contributed by atoms with van der Waals surface area (Å²) in [4.78, 5) is 29.0. The van der Waals surface area contributed by atoms with Crippen LogP contribution in [0.25, 0.3) is 0 Å². The van der Waals surface area contributed by atoms with Crippen molar-refractivity contribution in [2.45, 2.75) is 23.9 Å². The van der Waals surface area contributed by atoms with Gasteiger partial charge in [-0.15, -0.1) is 0 Å². The van der Waals surface area contributed by atoms with Gasteiger partial charge in [-0.2, -0.15) is 0 Å². The van der Waals surface area contributed by atoms with Crippen LogP contribution in [0.15, 0.2) is 108 Å². The van der Waals surface area contributed by atoms with Gasteiger partial charge in [-0.3, -0.25) is 13.9 Å². The van der Waals surface area contributed by atoms with Gasteiger partial charge in [0.1, 0.15) is 18.3 Å². The molecule has 0 radical (unpaired) electrons. The van der Waals surface area contributed by atoms with E-state index in [-0.39, 0.29) is 23.5 Å². The van der Waals surface area contributed by atoms with Gasteiger partial charge in [0.05, 0.1) is 17.7 Å². The molecule has 0 aromatic heterocycles. The molecule has 1 atom stereocenters. The molecule has 4 aromatic rings. The number of ether oxygens (including phenoxy) is 1. The van der Waals surface area contributed by atoms with E-state index in [1.807, 2.05) is 36.4 Å². The lowest BCUT2D eigenvalue weighted by atomic mass is 10.0. The minimum Gasteiger partial charge on any atom is -0.497 e. The van der Waals surface area contributed by atoms with Gasteiger partial charge in [0.15, 0.2) is 0 Å². The molecule has 2 amide bonds. The molecule has 43 heavy (non-hydrogen) atoms. The molecule has 0 heterocycles. The molecule has 0 bridgehead atoms. The molecule has 8 nitrogen and oxygen atoms in total. The van der Waals surface area contributed by atoms with Crippen molar-refractivity contribution in [1.29, 1.82) is 0 Å². The minimum atomic E-state index is -4.26. The van der Waals surface area contributed by atoms with Crippen LogP contribution in [-0.2, 0) is 32.6 Å². The van der Waals surface area contributed by atoms with E-state index in [1.54, 1.807) is 36.4 Å². The fourth-order valence-electron chi connectivity index (χ4n) is 4.58. The van der Waals surface area contributed by atoms with Crippen LogP contribution < -0.4 is 14.4 Å². The van der Waals surface area contributed by atoms with E-state index in [9.17, 15) is 18.0 Å². The molecule has 0 aliphatic heterocycles. The molecule has 4 rings (SSSR count). The van der Waals surface area contributed by atoms with Crippen LogP contribution in [0.2, 0.25) is 10.0 Å². The Labute approximate surface area is 261 Å². The normalized spacial score (nSPS) is 11.8. The van der Waals surface area contributed by atoms with Crippen molar-refractivity contribution in [3.8, 4) is 5.75 Å². The highest BCUT2D eigenvalue weighted by Gasteiger charge is 2.34. The summed E-state index contributed by atoms with van der Waals surface area (Å²) in [6, 6.07) is 27.4. The number of carbonyl (C=O) groups excluding carboxylic acids is 2. The van der Waals surface area contributed by atoms with E-state index in [1.165, 1.54) is 49.4 Å². The van der Waals surface area contributed by atoms with E-state index in [4.69, 9.17) is 27.9 Å². The highest BCUT2D eigenvalue weighted by Crippen LogP contribution is 2.28. The average Bonchev–Trinajstić information content (AvgIpc) is 3.01. The molecule has 11 heteroatoms. The SMILES string of the molecule is CNC(=O)C(Cc1ccccc1)N(Cc1cccc(OC)c1)C(=O)CN(c1cccc(Cl)c1)S(=O)(=O)c1ccc(Cl)cc1. The highest BCUT2D eigenvalue weighted by atomic mass is 35.5. The van der Waals surface area contributed by atoms with Gasteiger partial charge in [-0.05, 0) is 65.7 Å². The lowest BCUT2D eigenvalue weighted by Gasteiger charge is -2.33. The predicted molar refractivity (Wildman–Crippen MR) is 169 cm³/mol. The minimum absolute atomic E-state index is 0.0192. The van der Waals surface area contributed by atoms with Crippen molar-refractivity contribution in [3.05, 3.63) is 124 Å². The number of halogens is 2. The largest absolute Gasteiger partial charge is 0.497 e. The molecule has 0 aliphatic carbocycles. The molecular formula is C32H31Cl2N3O5S. The van der Waals surface area contributed by atoms with Crippen LogP contribution in [0.4, 0.5) is 5.69 Å². The zero-order valence-electron chi connectivity index (χ0n) is 23.6. The Morgan fingerprint density at radius 3 is 2.16 bits per heavy atom. The van der Waals surface area contributed by atoms with Crippen LogP contribution >= 0.6 is 23.2 Å². The van der Waals surface area contributed by atoms with E-state index in [0.29, 0.717) is 21.4 Å². The number of rotatable bonds is 12. The Morgan fingerprint density at radius 2 is 1.51 bits per heavy atom. The summed E-state index contributed by atoms with van der Waals surface area (Å²) < 4.78 is 34.3. The van der Waals surface area contributed by atoms with Crippen molar-refractivity contribution in [2.75, 3.05) is 25.0 Å². The van der Waals surface area contributed by atoms with Gasteiger partial charge in [0.25, 0.3) is 10.0 Å². The van der Waals surface area contributed by atoms with Crippen LogP contribution in [-0.4, -0.2) is 51.9 Å². The summed E-state index contributed by atoms with van der Waals surface area (Å²) in [6.45, 7) is -0.580. The molecule has 4 aromatic carbocycles. The van der Waals surface area contributed by atoms with Crippen molar-refractivity contribution < 1.29 is 22.7 Å². The maximum atomic E-state index is 14.3. The molecule has 1 unspecified atom stereocenters. The summed E-state index contributed by atoms with van der Waals surface area (Å²) in [5.41, 5.74) is 1.72. The van der Waals surface area contributed by atoms with Gasteiger partial charge >= 0.3 is 0 Å². The van der Waals surface area contributed by atoms with Crippen molar-refractivity contribution in [1.82, 2.24) is 10.2 Å². The summed E-state index contributed by atoms with van der Waals surface area (Å²) >= 11 is 12.3. The third-order valence-electron chi connectivity index (χ3n) is 6.78. The molecular weight excluding hydrogens is 609 g/mol. The van der Waals surface area contributed by atoms with Gasteiger partial charge in [-0.1, -0.05) is 71.7 Å². The van der Waals surface area contributed by atoms with Crippen LogP contribution in [0.5, 0.6) is 5.75 Å². The number of sulfonamides is 1. The summed E-state index contributed by atoms with van der Waals surface area (Å²) in [5, 5.41) is 3.32. The number of hydrogen-bond donors (Lipinski definition) is 1. The second-order valence-electron chi connectivity index (χ2n) is 9.64. The van der Waals surface area contributed by atoms with E-state index in [2.05, 4.69) is 5.32 Å². The van der Waals surface area contributed by atoms with E-state index in [0.717, 1.165) is 9.87 Å². The molecule has 1 N–H and O–H groups in total. The highest BCUT2D eigenvalue weighted by molar-refractivity contribution is 7.92. The number of benzene rings is 4. The van der Waals surface area contributed by atoms with Gasteiger partial charge in [-0.25, -0.2) is 8.42 Å². The quantitative estimate of drug-likeness (QED) is 0.218. The number of methoxy groups -OCH3 is 1. The summed E-state index contributed by atoms with van der Waals surface area (Å²) in [6.07, 6.45) is 0.206. The van der Waals surface area contributed by atoms with Gasteiger partial charge in [0, 0.05) is 30.1 Å². The Balaban J connectivity index is 1.79. The predicted octanol–water partition coefficient (Wildman–Crippen LogP) is 5.58. The first-order valence-corrected chi connectivity index (χ1v) is 15.5. The third-order valence-corrected chi connectivity index (χ3v) is 9.06. The molecule has 0 saturated carbocycles. The third kappa shape index (κ3) is 8.07. The Hall–Kier alpha value is -4.05. The topological polar surface area (TPSA) is 96.0 Å². The van der Waals surface area contributed by atoms with E-state index < -0.39 is 34.4 Å². The number of carbonyl (C=O) groups is 2. The second-order valence-corrected chi connectivity index (χ2v) is 12.4. The Bertz CT molecular complexity index is 1670. The first kappa shape index (κ1) is 31.9. The smallest absolute Gasteiger partial charge is 0.264 e. The number of amides is 2. The van der Waals surface area contributed by atoms with Crippen LogP contribution in [0.1, 0.15) is 11.1 Å². The molecule has 0 fully saturated rings. The van der Waals surface area contributed by atoms with Crippen LogP contribution in [0.3, 0.4) is 0 Å². The number of hydrogen-bond acceptors (Lipinski definition) is 5. The van der Waals surface area contributed by atoms with Crippen molar-refractivity contribution in [2.24, 2.45) is 0 Å². The standard InChI is InChI=1S/C32H31Cl2N3O5S/c1-35-32(39)30(19-23-8-4-3-5-9-23)36(21-24-10-6-13-28(18-24)42-2)31(38)22-37(27-12-7-11-26(34)20-27)43(40,41)29-16-14-25(33)15-17-29/h3-18,20,30H,19,21-22H2,1-2H3,(H,35,39). The maximum Gasteiger partial charge on any atom is 0.264 e. The second kappa shape index (κ2) is 14.4. The number of nitrogens with zero attached hydrogens (tertiary/aromatic N) is 2. The summed E-state index contributed by atoms with van der Waals surface area (Å²) in [5.74, 6) is -0.407. The molecule has 0 aliphatic rings. The Morgan fingerprint density at radius 1 is 0.837 bits per heavy atom. The first-order valence-electron chi connectivity index (χ1n) is 13.3. The van der Waals surface area contributed by atoms with E-state index >= 15 is 0 Å². The number of nitrogens with one attached hydrogen (secondary N) is 1. The zero-order chi connectivity index (χ0) is 31.0. The first-order chi connectivity index (χ1) is 20.6. The monoisotopic (exact) mass is 639 g/mol. The molecule has 0 spiro atoms. The number of likely N-dealkylation sites (N-methyl/N-ethyl adjacent to an activating group) is 1. The zero-order valence-corrected chi connectivity index (χ0v) is 25.9. The Kier molecular flexibility index (Phi) is 10.7.